The summed E-state index contributed by atoms with van der Waals surface area (Å²) in [5, 5.41) is 7.76. The lowest BCUT2D eigenvalue weighted by atomic mass is 9.97. The van der Waals surface area contributed by atoms with Crippen LogP contribution in [0.25, 0.3) is 0 Å². The first kappa shape index (κ1) is 19.6. The first-order valence-corrected chi connectivity index (χ1v) is 8.88. The molecular weight excluding hydrogens is 368 g/mol. The van der Waals surface area contributed by atoms with Crippen molar-refractivity contribution >= 4 is 23.5 Å². The van der Waals surface area contributed by atoms with Crippen molar-refractivity contribution in [3.8, 4) is 0 Å². The van der Waals surface area contributed by atoms with Gasteiger partial charge in [0.2, 0.25) is 5.66 Å². The zero-order valence-corrected chi connectivity index (χ0v) is 15.5. The van der Waals surface area contributed by atoms with Gasteiger partial charge in [-0.15, -0.1) is 0 Å². The van der Waals surface area contributed by atoms with E-state index in [2.05, 4.69) is 16.0 Å². The molecule has 0 bridgehead atoms. The number of hydrogen-bond donors (Lipinski definition) is 4. The molecule has 4 amide bonds. The van der Waals surface area contributed by atoms with Crippen molar-refractivity contribution in [2.75, 3.05) is 5.32 Å². The number of primary amides is 1. The van der Waals surface area contributed by atoms with Gasteiger partial charge >= 0.3 is 6.03 Å². The number of anilines is 1. The molecule has 0 aliphatic carbocycles. The SMILES string of the molecule is NC(=O)C(NC(=O)Nc1ccccc1)(NC(=O)c1ccccc1)c1ccccc1. The summed E-state index contributed by atoms with van der Waals surface area (Å²) in [4.78, 5) is 38.0. The molecule has 0 saturated carbocycles. The molecule has 7 nitrogen and oxygen atoms in total. The summed E-state index contributed by atoms with van der Waals surface area (Å²) in [6, 6.07) is 24.6. The first-order chi connectivity index (χ1) is 14.0. The van der Waals surface area contributed by atoms with Crippen LogP contribution in [-0.4, -0.2) is 17.8 Å². The summed E-state index contributed by atoms with van der Waals surface area (Å²) in [7, 11) is 0. The molecule has 0 saturated heterocycles. The van der Waals surface area contributed by atoms with Crippen LogP contribution < -0.4 is 21.7 Å². The van der Waals surface area contributed by atoms with Gasteiger partial charge in [0.15, 0.2) is 0 Å². The van der Waals surface area contributed by atoms with Crippen LogP contribution in [0.4, 0.5) is 10.5 Å². The van der Waals surface area contributed by atoms with Gasteiger partial charge in [0.05, 0.1) is 0 Å². The minimum atomic E-state index is -1.95. The summed E-state index contributed by atoms with van der Waals surface area (Å²) in [5.74, 6) is -1.50. The predicted octanol–water partition coefficient (Wildman–Crippen LogP) is 2.58. The van der Waals surface area contributed by atoms with Gasteiger partial charge in [-0.2, -0.15) is 0 Å². The average molecular weight is 388 g/mol. The van der Waals surface area contributed by atoms with Crippen LogP contribution in [0.3, 0.4) is 0 Å². The highest BCUT2D eigenvalue weighted by Crippen LogP contribution is 2.20. The fraction of sp³-hybridized carbons (Fsp3) is 0.0455. The maximum absolute atomic E-state index is 12.8. The molecule has 0 fully saturated rings. The van der Waals surface area contributed by atoms with Gasteiger partial charge < -0.3 is 21.7 Å². The summed E-state index contributed by atoms with van der Waals surface area (Å²) in [6.45, 7) is 0. The number of rotatable bonds is 6. The van der Waals surface area contributed by atoms with Gasteiger partial charge in [-0.05, 0) is 24.3 Å². The molecule has 29 heavy (non-hydrogen) atoms. The fourth-order valence-electron chi connectivity index (χ4n) is 2.82. The quantitative estimate of drug-likeness (QED) is 0.487. The standard InChI is InChI=1S/C22H20N4O3/c23-20(28)22(17-12-6-2-7-13-17,25-19(27)16-10-4-1-5-11-16)26-21(29)24-18-14-8-3-9-15-18/h1-15H,(H2,23,28)(H,25,27)(H2,24,26,29). The van der Waals surface area contributed by atoms with Crippen molar-refractivity contribution in [3.05, 3.63) is 102 Å². The highest BCUT2D eigenvalue weighted by molar-refractivity contribution is 6.02. The molecule has 5 N–H and O–H groups in total. The van der Waals surface area contributed by atoms with E-state index < -0.39 is 23.5 Å². The number of carbonyl (C=O) groups is 3. The number of amides is 4. The number of nitrogens with two attached hydrogens (primary N) is 1. The lowest BCUT2D eigenvalue weighted by Gasteiger charge is -2.33. The smallest absolute Gasteiger partial charge is 0.321 e. The van der Waals surface area contributed by atoms with Gasteiger partial charge in [-0.25, -0.2) is 4.79 Å². The van der Waals surface area contributed by atoms with E-state index in [1.165, 1.54) is 0 Å². The fourth-order valence-corrected chi connectivity index (χ4v) is 2.82. The van der Waals surface area contributed by atoms with Crippen LogP contribution in [0.15, 0.2) is 91.0 Å². The molecule has 7 heteroatoms. The highest BCUT2D eigenvalue weighted by Gasteiger charge is 2.42. The van der Waals surface area contributed by atoms with Crippen molar-refractivity contribution in [1.82, 2.24) is 10.6 Å². The van der Waals surface area contributed by atoms with E-state index >= 15 is 0 Å². The summed E-state index contributed by atoms with van der Waals surface area (Å²) in [6.07, 6.45) is 0. The van der Waals surface area contributed by atoms with E-state index in [0.29, 0.717) is 16.8 Å². The normalized spacial score (nSPS) is 12.3. The van der Waals surface area contributed by atoms with Gasteiger partial charge in [-0.3, -0.25) is 9.59 Å². The number of para-hydroxylation sites is 1. The Balaban J connectivity index is 1.95. The van der Waals surface area contributed by atoms with E-state index in [9.17, 15) is 14.4 Å². The second-order valence-electron chi connectivity index (χ2n) is 6.25. The molecule has 0 aliphatic rings. The van der Waals surface area contributed by atoms with E-state index in [4.69, 9.17) is 5.73 Å². The van der Waals surface area contributed by atoms with Crippen LogP contribution in [0.1, 0.15) is 15.9 Å². The molecule has 3 rings (SSSR count). The Hall–Kier alpha value is -4.13. The van der Waals surface area contributed by atoms with Crippen LogP contribution in [0.5, 0.6) is 0 Å². The summed E-state index contributed by atoms with van der Waals surface area (Å²) in [5.41, 5.74) is 4.88. The number of hydrogen-bond acceptors (Lipinski definition) is 3. The van der Waals surface area contributed by atoms with Crippen molar-refractivity contribution in [1.29, 1.82) is 0 Å². The van der Waals surface area contributed by atoms with E-state index in [1.807, 2.05) is 0 Å². The maximum Gasteiger partial charge on any atom is 0.321 e. The zero-order valence-electron chi connectivity index (χ0n) is 15.5. The second-order valence-corrected chi connectivity index (χ2v) is 6.25. The Morgan fingerprint density at radius 3 is 1.76 bits per heavy atom. The van der Waals surface area contributed by atoms with E-state index in [0.717, 1.165) is 0 Å². The molecule has 0 aromatic heterocycles. The highest BCUT2D eigenvalue weighted by atomic mass is 16.2. The van der Waals surface area contributed by atoms with Crippen LogP contribution in [0, 0.1) is 0 Å². The van der Waals surface area contributed by atoms with Gasteiger partial charge in [0.25, 0.3) is 11.8 Å². The Kier molecular flexibility index (Phi) is 5.89. The van der Waals surface area contributed by atoms with Crippen LogP contribution >= 0.6 is 0 Å². The Morgan fingerprint density at radius 2 is 1.21 bits per heavy atom. The minimum absolute atomic E-state index is 0.319. The molecule has 0 radical (unpaired) electrons. The monoisotopic (exact) mass is 388 g/mol. The predicted molar refractivity (Wildman–Crippen MR) is 110 cm³/mol. The summed E-state index contributed by atoms with van der Waals surface area (Å²) < 4.78 is 0. The minimum Gasteiger partial charge on any atom is -0.366 e. The third kappa shape index (κ3) is 4.59. The number of carbonyl (C=O) groups excluding carboxylic acids is 3. The number of nitrogens with one attached hydrogen (secondary N) is 3. The molecule has 0 spiro atoms. The largest absolute Gasteiger partial charge is 0.366 e. The second kappa shape index (κ2) is 8.71. The summed E-state index contributed by atoms with van der Waals surface area (Å²) >= 11 is 0. The Morgan fingerprint density at radius 1 is 0.690 bits per heavy atom. The van der Waals surface area contributed by atoms with Gasteiger partial charge in [0, 0.05) is 16.8 Å². The van der Waals surface area contributed by atoms with Crippen LogP contribution in [-0.2, 0) is 10.5 Å². The molecule has 3 aromatic rings. The average Bonchev–Trinajstić information content (AvgIpc) is 2.75. The molecule has 0 heterocycles. The molecule has 146 valence electrons. The zero-order chi connectivity index (χ0) is 20.7. The number of benzene rings is 3. The topological polar surface area (TPSA) is 113 Å². The number of urea groups is 1. The van der Waals surface area contributed by atoms with Crippen molar-refractivity contribution in [2.24, 2.45) is 5.73 Å². The van der Waals surface area contributed by atoms with Crippen LogP contribution in [0.2, 0.25) is 0 Å². The molecule has 3 aromatic carbocycles. The third-order valence-corrected chi connectivity index (χ3v) is 4.25. The van der Waals surface area contributed by atoms with E-state index in [-0.39, 0.29) is 0 Å². The Labute approximate surface area is 167 Å². The first-order valence-electron chi connectivity index (χ1n) is 8.88. The molecular formula is C22H20N4O3. The van der Waals surface area contributed by atoms with Crippen molar-refractivity contribution in [2.45, 2.75) is 5.66 Å². The van der Waals surface area contributed by atoms with Gasteiger partial charge in [0.1, 0.15) is 0 Å². The maximum atomic E-state index is 12.8. The molecule has 1 unspecified atom stereocenters. The van der Waals surface area contributed by atoms with Gasteiger partial charge in [-0.1, -0.05) is 66.7 Å². The lowest BCUT2D eigenvalue weighted by molar-refractivity contribution is -0.125. The molecule has 1 atom stereocenters. The van der Waals surface area contributed by atoms with Crippen molar-refractivity contribution < 1.29 is 14.4 Å². The third-order valence-electron chi connectivity index (χ3n) is 4.25. The van der Waals surface area contributed by atoms with Crippen molar-refractivity contribution in [3.63, 3.8) is 0 Å². The lowest BCUT2D eigenvalue weighted by Crippen LogP contribution is -2.65. The van der Waals surface area contributed by atoms with E-state index in [1.54, 1.807) is 91.0 Å². The molecule has 0 aliphatic heterocycles. The Bertz CT molecular complexity index is 994.